The number of rotatable bonds is 5. The second-order valence-electron chi connectivity index (χ2n) is 4.36. The Morgan fingerprint density at radius 3 is 2.37 bits per heavy atom. The molecular weight excluding hydrogens is 261 g/mol. The van der Waals surface area contributed by atoms with Gasteiger partial charge in [-0.3, -0.25) is 4.79 Å². The zero-order valence-corrected chi connectivity index (χ0v) is 10.6. The van der Waals surface area contributed by atoms with Crippen molar-refractivity contribution in [1.82, 2.24) is 0 Å². The molecule has 0 aliphatic heterocycles. The molecule has 0 saturated carbocycles. The molecular formula is C13H15F3O3. The van der Waals surface area contributed by atoms with Crippen LogP contribution in [0.15, 0.2) is 24.3 Å². The average Bonchev–Trinajstić information content (AvgIpc) is 2.29. The minimum atomic E-state index is -4.53. The minimum absolute atomic E-state index is 0.0495. The van der Waals surface area contributed by atoms with Crippen LogP contribution in [-0.4, -0.2) is 22.9 Å². The van der Waals surface area contributed by atoms with Crippen LogP contribution in [0.1, 0.15) is 25.8 Å². The molecule has 19 heavy (non-hydrogen) atoms. The Morgan fingerprint density at radius 2 is 1.89 bits per heavy atom. The normalized spacial score (nSPS) is 14.8. The number of carboxylic acids is 1. The topological polar surface area (TPSA) is 46.5 Å². The van der Waals surface area contributed by atoms with Crippen LogP contribution in [0.25, 0.3) is 0 Å². The summed E-state index contributed by atoms with van der Waals surface area (Å²) in [6.07, 6.45) is -5.18. The molecule has 0 heterocycles. The summed E-state index contributed by atoms with van der Waals surface area (Å²) in [5.74, 6) is -1.17. The first-order chi connectivity index (χ1) is 8.69. The molecule has 106 valence electrons. The highest BCUT2D eigenvalue weighted by molar-refractivity contribution is 5.71. The Bertz CT molecular complexity index is 457. The summed E-state index contributed by atoms with van der Waals surface area (Å²) < 4.78 is 43.9. The first-order valence-electron chi connectivity index (χ1n) is 5.75. The molecule has 1 N–H and O–H groups in total. The number of carbonyl (C=O) groups is 1. The Hall–Kier alpha value is -1.72. The van der Waals surface area contributed by atoms with E-state index in [0.717, 1.165) is 6.92 Å². The maximum absolute atomic E-state index is 12.9. The molecule has 1 aromatic carbocycles. The lowest BCUT2D eigenvalue weighted by molar-refractivity contribution is -0.242. The van der Waals surface area contributed by atoms with Gasteiger partial charge in [-0.2, -0.15) is 13.2 Å². The standard InChI is InChI=1S/C13H15F3O3/c1-3-12(2,13(14,15)16)19-10-7-5-4-6-9(10)8-11(17)18/h4-7H,3,8H2,1-2H3,(H,17,18). The molecule has 1 atom stereocenters. The number of carboxylic acid groups (broad SMARTS) is 1. The van der Waals surface area contributed by atoms with Gasteiger partial charge in [-0.05, 0) is 19.4 Å². The highest BCUT2D eigenvalue weighted by Gasteiger charge is 2.52. The molecule has 3 nitrogen and oxygen atoms in total. The van der Waals surface area contributed by atoms with E-state index in [-0.39, 0.29) is 24.2 Å². The van der Waals surface area contributed by atoms with Gasteiger partial charge in [0.05, 0.1) is 6.42 Å². The van der Waals surface area contributed by atoms with E-state index >= 15 is 0 Å². The van der Waals surface area contributed by atoms with Crippen molar-refractivity contribution < 1.29 is 27.8 Å². The Morgan fingerprint density at radius 1 is 1.32 bits per heavy atom. The fourth-order valence-electron chi connectivity index (χ4n) is 1.49. The Kier molecular flexibility index (Phi) is 4.44. The SMILES string of the molecule is CCC(C)(Oc1ccccc1CC(=O)O)C(F)(F)F. The summed E-state index contributed by atoms with van der Waals surface area (Å²) in [4.78, 5) is 10.7. The first-order valence-corrected chi connectivity index (χ1v) is 5.75. The molecule has 1 rings (SSSR count). The summed E-state index contributed by atoms with van der Waals surface area (Å²) in [6, 6.07) is 5.85. The monoisotopic (exact) mass is 276 g/mol. The highest BCUT2D eigenvalue weighted by Crippen LogP contribution is 2.37. The second-order valence-corrected chi connectivity index (χ2v) is 4.36. The largest absolute Gasteiger partial charge is 0.481 e. The fraction of sp³-hybridized carbons (Fsp3) is 0.462. The van der Waals surface area contributed by atoms with Gasteiger partial charge in [0.2, 0.25) is 5.60 Å². The van der Waals surface area contributed by atoms with Crippen molar-refractivity contribution in [1.29, 1.82) is 0 Å². The van der Waals surface area contributed by atoms with E-state index in [4.69, 9.17) is 9.84 Å². The lowest BCUT2D eigenvalue weighted by Crippen LogP contribution is -2.47. The molecule has 0 amide bonds. The predicted octanol–water partition coefficient (Wildman–Crippen LogP) is 3.42. The molecule has 0 spiro atoms. The number of hydrogen-bond donors (Lipinski definition) is 1. The first kappa shape index (κ1) is 15.3. The second kappa shape index (κ2) is 5.50. The van der Waals surface area contributed by atoms with Crippen LogP contribution in [-0.2, 0) is 11.2 Å². The molecule has 0 aliphatic rings. The van der Waals surface area contributed by atoms with E-state index in [1.165, 1.54) is 25.1 Å². The van der Waals surface area contributed by atoms with Gasteiger partial charge in [0, 0.05) is 5.56 Å². The lowest BCUT2D eigenvalue weighted by atomic mass is 10.0. The highest BCUT2D eigenvalue weighted by atomic mass is 19.4. The smallest absolute Gasteiger partial charge is 0.427 e. The molecule has 0 fully saturated rings. The third-order valence-corrected chi connectivity index (χ3v) is 2.92. The number of aliphatic carboxylic acids is 1. The van der Waals surface area contributed by atoms with E-state index < -0.39 is 17.7 Å². The third-order valence-electron chi connectivity index (χ3n) is 2.92. The van der Waals surface area contributed by atoms with Crippen LogP contribution in [0.2, 0.25) is 0 Å². The Labute approximate surface area is 109 Å². The lowest BCUT2D eigenvalue weighted by Gasteiger charge is -2.32. The number of ether oxygens (including phenoxy) is 1. The summed E-state index contributed by atoms with van der Waals surface area (Å²) >= 11 is 0. The van der Waals surface area contributed by atoms with Crippen LogP contribution in [0.3, 0.4) is 0 Å². The van der Waals surface area contributed by atoms with Crippen LogP contribution in [0.5, 0.6) is 5.75 Å². The van der Waals surface area contributed by atoms with E-state index in [0.29, 0.717) is 0 Å². The van der Waals surface area contributed by atoms with Crippen molar-refractivity contribution in [2.24, 2.45) is 0 Å². The quantitative estimate of drug-likeness (QED) is 0.896. The van der Waals surface area contributed by atoms with Crippen LogP contribution < -0.4 is 4.74 Å². The molecule has 1 aromatic rings. The third kappa shape index (κ3) is 3.62. The van der Waals surface area contributed by atoms with Crippen LogP contribution >= 0.6 is 0 Å². The van der Waals surface area contributed by atoms with Gasteiger partial charge in [0.25, 0.3) is 0 Å². The predicted molar refractivity (Wildman–Crippen MR) is 63.2 cm³/mol. The van der Waals surface area contributed by atoms with Gasteiger partial charge in [-0.15, -0.1) is 0 Å². The van der Waals surface area contributed by atoms with Crippen molar-refractivity contribution in [3.05, 3.63) is 29.8 Å². The molecule has 1 unspecified atom stereocenters. The molecule has 6 heteroatoms. The van der Waals surface area contributed by atoms with Crippen molar-refractivity contribution in [3.8, 4) is 5.75 Å². The number of benzene rings is 1. The zero-order valence-electron chi connectivity index (χ0n) is 10.6. The summed E-state index contributed by atoms with van der Waals surface area (Å²) in [5, 5.41) is 8.73. The zero-order chi connectivity index (χ0) is 14.7. The molecule has 0 aliphatic carbocycles. The minimum Gasteiger partial charge on any atom is -0.481 e. The molecule has 0 radical (unpaired) electrons. The maximum Gasteiger partial charge on any atom is 0.427 e. The summed E-state index contributed by atoms with van der Waals surface area (Å²) in [5.41, 5.74) is -2.11. The van der Waals surface area contributed by atoms with Crippen LogP contribution in [0.4, 0.5) is 13.2 Å². The Balaban J connectivity index is 3.07. The number of halogens is 3. The molecule has 0 aromatic heterocycles. The van der Waals surface area contributed by atoms with E-state index in [9.17, 15) is 18.0 Å². The van der Waals surface area contributed by atoms with Gasteiger partial charge in [-0.1, -0.05) is 25.1 Å². The van der Waals surface area contributed by atoms with Gasteiger partial charge < -0.3 is 9.84 Å². The van der Waals surface area contributed by atoms with Crippen molar-refractivity contribution in [2.75, 3.05) is 0 Å². The van der Waals surface area contributed by atoms with Crippen molar-refractivity contribution in [3.63, 3.8) is 0 Å². The molecule has 0 saturated heterocycles. The van der Waals surface area contributed by atoms with Gasteiger partial charge in [0.15, 0.2) is 0 Å². The molecule has 0 bridgehead atoms. The number of alkyl halides is 3. The number of hydrogen-bond acceptors (Lipinski definition) is 2. The van der Waals surface area contributed by atoms with Gasteiger partial charge in [0.1, 0.15) is 5.75 Å². The van der Waals surface area contributed by atoms with Crippen LogP contribution in [0, 0.1) is 0 Å². The van der Waals surface area contributed by atoms with Gasteiger partial charge >= 0.3 is 12.1 Å². The van der Waals surface area contributed by atoms with E-state index in [1.807, 2.05) is 0 Å². The number of para-hydroxylation sites is 1. The van der Waals surface area contributed by atoms with Crippen molar-refractivity contribution >= 4 is 5.97 Å². The van der Waals surface area contributed by atoms with Crippen molar-refractivity contribution in [2.45, 2.75) is 38.5 Å². The average molecular weight is 276 g/mol. The summed E-state index contributed by atoms with van der Waals surface area (Å²) in [7, 11) is 0. The van der Waals surface area contributed by atoms with E-state index in [1.54, 1.807) is 6.07 Å². The fourth-order valence-corrected chi connectivity index (χ4v) is 1.49. The summed E-state index contributed by atoms with van der Waals surface area (Å²) in [6.45, 7) is 2.32. The van der Waals surface area contributed by atoms with Gasteiger partial charge in [-0.25, -0.2) is 0 Å². The van der Waals surface area contributed by atoms with E-state index in [2.05, 4.69) is 0 Å². The maximum atomic E-state index is 12.9.